The zero-order valence-corrected chi connectivity index (χ0v) is 9.54. The van der Waals surface area contributed by atoms with Crippen LogP contribution in [0.15, 0.2) is 6.33 Å². The van der Waals surface area contributed by atoms with Gasteiger partial charge in [-0.05, 0) is 11.8 Å². The average molecular weight is 196 g/mol. The fraction of sp³-hybridized carbons (Fsp3) is 0.800. The number of hydrogen-bond acceptors (Lipinski definition) is 3. The van der Waals surface area contributed by atoms with Crippen LogP contribution in [0.5, 0.6) is 0 Å². The highest BCUT2D eigenvalue weighted by atomic mass is 15.3. The monoisotopic (exact) mass is 196 g/mol. The molecular formula is C10H20N4. The third-order valence-corrected chi connectivity index (χ3v) is 2.65. The molecule has 80 valence electrons. The van der Waals surface area contributed by atoms with Crippen LogP contribution in [0.3, 0.4) is 0 Å². The first-order valence-corrected chi connectivity index (χ1v) is 5.09. The first-order chi connectivity index (χ1) is 6.55. The molecule has 1 rings (SSSR count). The molecule has 14 heavy (non-hydrogen) atoms. The van der Waals surface area contributed by atoms with Crippen molar-refractivity contribution < 1.29 is 0 Å². The van der Waals surface area contributed by atoms with E-state index >= 15 is 0 Å². The van der Waals surface area contributed by atoms with E-state index in [-0.39, 0.29) is 0 Å². The van der Waals surface area contributed by atoms with Crippen molar-refractivity contribution in [2.24, 2.45) is 12.5 Å². The van der Waals surface area contributed by atoms with Gasteiger partial charge in [0, 0.05) is 13.6 Å². The second-order valence-corrected chi connectivity index (χ2v) is 4.42. The van der Waals surface area contributed by atoms with Crippen LogP contribution in [0.1, 0.15) is 33.0 Å². The number of rotatable bonds is 5. The molecule has 1 aromatic heterocycles. The van der Waals surface area contributed by atoms with E-state index in [4.69, 9.17) is 0 Å². The highest BCUT2D eigenvalue weighted by Crippen LogP contribution is 2.17. The van der Waals surface area contributed by atoms with Crippen LogP contribution in [0.2, 0.25) is 0 Å². The minimum atomic E-state index is 0.360. The van der Waals surface area contributed by atoms with Crippen molar-refractivity contribution in [1.29, 1.82) is 0 Å². The summed E-state index contributed by atoms with van der Waals surface area (Å²) in [6.07, 6.45) is 2.76. The smallest absolute Gasteiger partial charge is 0.140 e. The summed E-state index contributed by atoms with van der Waals surface area (Å²) in [5.74, 6) is 0.983. The van der Waals surface area contributed by atoms with Gasteiger partial charge in [0.05, 0.1) is 6.54 Å². The summed E-state index contributed by atoms with van der Waals surface area (Å²) in [6.45, 7) is 8.54. The maximum Gasteiger partial charge on any atom is 0.140 e. The van der Waals surface area contributed by atoms with Gasteiger partial charge in [0.15, 0.2) is 0 Å². The van der Waals surface area contributed by atoms with Gasteiger partial charge in [-0.15, -0.1) is 0 Å². The van der Waals surface area contributed by atoms with E-state index in [0.29, 0.717) is 5.41 Å². The zero-order chi connectivity index (χ0) is 10.6. The van der Waals surface area contributed by atoms with E-state index in [9.17, 15) is 0 Å². The molecule has 0 radical (unpaired) electrons. The highest BCUT2D eigenvalue weighted by molar-refractivity contribution is 4.83. The lowest BCUT2D eigenvalue weighted by Gasteiger charge is -2.22. The van der Waals surface area contributed by atoms with Crippen LogP contribution in [-0.4, -0.2) is 21.3 Å². The molecule has 1 aromatic rings. The van der Waals surface area contributed by atoms with E-state index in [1.807, 2.05) is 7.05 Å². The molecule has 0 unspecified atom stereocenters. The van der Waals surface area contributed by atoms with Gasteiger partial charge in [0.2, 0.25) is 0 Å². The Balaban J connectivity index is 2.32. The molecule has 4 heteroatoms. The number of aryl methyl sites for hydroxylation is 1. The number of nitrogens with zero attached hydrogens (tertiary/aromatic N) is 3. The average Bonchev–Trinajstić information content (AvgIpc) is 2.52. The van der Waals surface area contributed by atoms with Gasteiger partial charge >= 0.3 is 0 Å². The maximum atomic E-state index is 4.15. The Bertz CT molecular complexity index is 277. The van der Waals surface area contributed by atoms with Crippen molar-refractivity contribution in [1.82, 2.24) is 20.1 Å². The highest BCUT2D eigenvalue weighted by Gasteiger charge is 2.14. The van der Waals surface area contributed by atoms with Crippen molar-refractivity contribution in [3.05, 3.63) is 12.2 Å². The summed E-state index contributed by atoms with van der Waals surface area (Å²) in [6, 6.07) is 0. The SMILES string of the molecule is CCC(C)(C)CNCc1ncnn1C. The Kier molecular flexibility index (Phi) is 3.63. The van der Waals surface area contributed by atoms with Crippen LogP contribution >= 0.6 is 0 Å². The van der Waals surface area contributed by atoms with Gasteiger partial charge in [-0.25, -0.2) is 4.98 Å². The maximum absolute atomic E-state index is 4.15. The molecule has 0 atom stereocenters. The summed E-state index contributed by atoms with van der Waals surface area (Å²) in [7, 11) is 1.91. The molecule has 0 aromatic carbocycles. The van der Waals surface area contributed by atoms with Gasteiger partial charge in [-0.1, -0.05) is 20.8 Å². The minimum Gasteiger partial charge on any atom is -0.309 e. The molecule has 4 nitrogen and oxygen atoms in total. The molecule has 0 saturated heterocycles. The van der Waals surface area contributed by atoms with Gasteiger partial charge in [-0.3, -0.25) is 4.68 Å². The normalized spacial score (nSPS) is 12.0. The molecular weight excluding hydrogens is 176 g/mol. The first kappa shape index (κ1) is 11.2. The standard InChI is InChI=1S/C10H20N4/c1-5-10(2,3)7-11-6-9-12-8-13-14(9)4/h8,11H,5-7H2,1-4H3. The minimum absolute atomic E-state index is 0.360. The largest absolute Gasteiger partial charge is 0.309 e. The topological polar surface area (TPSA) is 42.7 Å². The van der Waals surface area contributed by atoms with Gasteiger partial charge in [0.25, 0.3) is 0 Å². The second kappa shape index (κ2) is 4.55. The molecule has 0 aliphatic heterocycles. The summed E-state index contributed by atoms with van der Waals surface area (Å²) in [5.41, 5.74) is 0.360. The molecule has 0 spiro atoms. The Labute approximate surface area is 85.7 Å². The Morgan fingerprint density at radius 1 is 1.50 bits per heavy atom. The molecule has 1 heterocycles. The molecule has 0 fully saturated rings. The van der Waals surface area contributed by atoms with Crippen LogP contribution in [0.25, 0.3) is 0 Å². The fourth-order valence-electron chi connectivity index (χ4n) is 1.12. The van der Waals surface area contributed by atoms with E-state index in [1.165, 1.54) is 6.42 Å². The van der Waals surface area contributed by atoms with Crippen LogP contribution in [0, 0.1) is 5.41 Å². The lowest BCUT2D eigenvalue weighted by molar-refractivity contribution is 0.325. The zero-order valence-electron chi connectivity index (χ0n) is 9.54. The molecule has 0 aliphatic rings. The Morgan fingerprint density at radius 3 is 2.71 bits per heavy atom. The van der Waals surface area contributed by atoms with E-state index in [1.54, 1.807) is 11.0 Å². The summed E-state index contributed by atoms with van der Waals surface area (Å²) >= 11 is 0. The van der Waals surface area contributed by atoms with Crippen molar-refractivity contribution in [3.63, 3.8) is 0 Å². The fourth-order valence-corrected chi connectivity index (χ4v) is 1.12. The molecule has 0 amide bonds. The van der Waals surface area contributed by atoms with Crippen LogP contribution in [0.4, 0.5) is 0 Å². The third-order valence-electron chi connectivity index (χ3n) is 2.65. The number of nitrogens with one attached hydrogen (secondary N) is 1. The molecule has 1 N–H and O–H groups in total. The van der Waals surface area contributed by atoms with Crippen molar-refractivity contribution >= 4 is 0 Å². The van der Waals surface area contributed by atoms with Crippen molar-refractivity contribution in [2.75, 3.05) is 6.54 Å². The summed E-state index contributed by atoms with van der Waals surface area (Å²) < 4.78 is 1.80. The Hall–Kier alpha value is -0.900. The van der Waals surface area contributed by atoms with Gasteiger partial charge < -0.3 is 5.32 Å². The predicted molar refractivity (Wildman–Crippen MR) is 56.8 cm³/mol. The lowest BCUT2D eigenvalue weighted by Crippen LogP contribution is -2.29. The van der Waals surface area contributed by atoms with E-state index < -0.39 is 0 Å². The summed E-state index contributed by atoms with van der Waals surface area (Å²) in [5, 5.41) is 7.41. The predicted octanol–water partition coefficient (Wildman–Crippen LogP) is 1.34. The van der Waals surface area contributed by atoms with Crippen molar-refractivity contribution in [3.8, 4) is 0 Å². The third kappa shape index (κ3) is 3.10. The molecule has 0 aliphatic carbocycles. The second-order valence-electron chi connectivity index (χ2n) is 4.42. The van der Waals surface area contributed by atoms with Crippen LogP contribution < -0.4 is 5.32 Å². The molecule has 0 saturated carbocycles. The molecule has 0 bridgehead atoms. The quantitative estimate of drug-likeness (QED) is 0.773. The number of hydrogen-bond donors (Lipinski definition) is 1. The summed E-state index contributed by atoms with van der Waals surface area (Å²) in [4.78, 5) is 4.15. The Morgan fingerprint density at radius 2 is 2.21 bits per heavy atom. The van der Waals surface area contributed by atoms with E-state index in [0.717, 1.165) is 18.9 Å². The number of aromatic nitrogens is 3. The van der Waals surface area contributed by atoms with Crippen LogP contribution in [-0.2, 0) is 13.6 Å². The first-order valence-electron chi connectivity index (χ1n) is 5.09. The van der Waals surface area contributed by atoms with E-state index in [2.05, 4.69) is 36.2 Å². The van der Waals surface area contributed by atoms with Gasteiger partial charge in [0.1, 0.15) is 12.2 Å². The van der Waals surface area contributed by atoms with Gasteiger partial charge in [-0.2, -0.15) is 5.10 Å². The lowest BCUT2D eigenvalue weighted by atomic mass is 9.90. The van der Waals surface area contributed by atoms with Crippen molar-refractivity contribution in [2.45, 2.75) is 33.7 Å².